The van der Waals surface area contributed by atoms with Crippen LogP contribution in [-0.4, -0.2) is 56.1 Å². The van der Waals surface area contributed by atoms with Crippen molar-refractivity contribution < 1.29 is 14.6 Å². The second-order valence-electron chi connectivity index (χ2n) is 7.06. The normalized spacial score (nSPS) is 21.2. The smallest absolute Gasteiger partial charge is 0.127 e. The molecular formula is C22H29NO3. The van der Waals surface area contributed by atoms with E-state index in [4.69, 9.17) is 9.47 Å². The van der Waals surface area contributed by atoms with Crippen molar-refractivity contribution in [1.29, 1.82) is 0 Å². The van der Waals surface area contributed by atoms with E-state index in [2.05, 4.69) is 4.90 Å². The minimum Gasteiger partial charge on any atom is -0.383 e. The number of likely N-dealkylation sites (tertiary alicyclic amines) is 1. The molecule has 0 spiro atoms. The predicted molar refractivity (Wildman–Crippen MR) is 103 cm³/mol. The van der Waals surface area contributed by atoms with Crippen molar-refractivity contribution in [3.05, 3.63) is 71.8 Å². The van der Waals surface area contributed by atoms with Gasteiger partial charge in [0.15, 0.2) is 0 Å². The highest BCUT2D eigenvalue weighted by Crippen LogP contribution is 2.35. The number of rotatable bonds is 8. The van der Waals surface area contributed by atoms with E-state index in [0.29, 0.717) is 31.8 Å². The summed E-state index contributed by atoms with van der Waals surface area (Å²) < 4.78 is 10.9. The molecule has 1 aliphatic rings. The van der Waals surface area contributed by atoms with Crippen molar-refractivity contribution >= 4 is 0 Å². The lowest BCUT2D eigenvalue weighted by Crippen LogP contribution is -2.49. The van der Waals surface area contributed by atoms with Crippen LogP contribution in [0, 0.1) is 0 Å². The van der Waals surface area contributed by atoms with Crippen LogP contribution in [0.5, 0.6) is 0 Å². The summed E-state index contributed by atoms with van der Waals surface area (Å²) in [7, 11) is 3.48. The molecule has 0 radical (unpaired) electrons. The predicted octanol–water partition coefficient (Wildman–Crippen LogP) is 3.05. The number of hydrogen-bond donors (Lipinski definition) is 1. The van der Waals surface area contributed by atoms with Crippen LogP contribution in [0.15, 0.2) is 60.7 Å². The Bertz CT molecular complexity index is 608. The molecule has 1 aliphatic heterocycles. The van der Waals surface area contributed by atoms with Gasteiger partial charge in [-0.25, -0.2) is 0 Å². The molecule has 3 rings (SSSR count). The molecule has 2 atom stereocenters. The highest BCUT2D eigenvalue weighted by Gasteiger charge is 2.41. The van der Waals surface area contributed by atoms with E-state index >= 15 is 0 Å². The molecular weight excluding hydrogens is 326 g/mol. The molecule has 0 saturated carbocycles. The van der Waals surface area contributed by atoms with E-state index in [-0.39, 0.29) is 0 Å². The first-order chi connectivity index (χ1) is 12.7. The average molecular weight is 355 g/mol. The number of methoxy groups -OCH3 is 2. The molecule has 0 unspecified atom stereocenters. The monoisotopic (exact) mass is 355 g/mol. The van der Waals surface area contributed by atoms with E-state index in [9.17, 15) is 5.11 Å². The molecule has 1 N–H and O–H groups in total. The molecule has 0 aromatic heterocycles. The maximum absolute atomic E-state index is 11.9. The van der Waals surface area contributed by atoms with Crippen LogP contribution in [0.3, 0.4) is 0 Å². The third-order valence-corrected chi connectivity index (χ3v) is 5.40. The molecule has 0 aliphatic carbocycles. The topological polar surface area (TPSA) is 41.9 Å². The van der Waals surface area contributed by atoms with Gasteiger partial charge in [-0.1, -0.05) is 60.7 Å². The molecule has 26 heavy (non-hydrogen) atoms. The fraction of sp³-hybridized carbons (Fsp3) is 0.455. The summed E-state index contributed by atoms with van der Waals surface area (Å²) in [6, 6.07) is 20.5. The molecule has 2 aromatic carbocycles. The maximum atomic E-state index is 11.9. The fourth-order valence-electron chi connectivity index (χ4n) is 4.06. The summed E-state index contributed by atoms with van der Waals surface area (Å²) in [4.78, 5) is 2.37. The van der Waals surface area contributed by atoms with Crippen LogP contribution in [0.25, 0.3) is 0 Å². The van der Waals surface area contributed by atoms with Gasteiger partial charge in [0.2, 0.25) is 0 Å². The summed E-state index contributed by atoms with van der Waals surface area (Å²) in [5.74, 6) is 0. The lowest BCUT2D eigenvalue weighted by Gasteiger charge is -2.38. The molecule has 1 heterocycles. The third-order valence-electron chi connectivity index (χ3n) is 5.40. The molecule has 140 valence electrons. The molecule has 2 aromatic rings. The van der Waals surface area contributed by atoms with Crippen molar-refractivity contribution in [2.45, 2.75) is 30.5 Å². The first kappa shape index (κ1) is 19.1. The van der Waals surface area contributed by atoms with Gasteiger partial charge in [0.05, 0.1) is 13.2 Å². The van der Waals surface area contributed by atoms with E-state index in [1.807, 2.05) is 60.7 Å². The van der Waals surface area contributed by atoms with Crippen LogP contribution >= 0.6 is 0 Å². The number of benzene rings is 2. The number of ether oxygens (including phenoxy) is 2. The van der Waals surface area contributed by atoms with Gasteiger partial charge < -0.3 is 14.6 Å². The Labute approximate surface area is 156 Å². The maximum Gasteiger partial charge on any atom is 0.127 e. The average Bonchev–Trinajstić information content (AvgIpc) is 3.05. The minimum absolute atomic E-state index is 0.291. The number of β-amino-alcohol motifs (C(OH)–C–C–N with tert-alkyl or cyclic N) is 1. The summed E-state index contributed by atoms with van der Waals surface area (Å²) >= 11 is 0. The Kier molecular flexibility index (Phi) is 6.43. The zero-order chi connectivity index (χ0) is 18.4. The lowest BCUT2D eigenvalue weighted by atomic mass is 9.85. The van der Waals surface area contributed by atoms with Gasteiger partial charge in [0, 0.05) is 32.8 Å². The summed E-state index contributed by atoms with van der Waals surface area (Å²) in [6.07, 6.45) is 2.11. The van der Waals surface area contributed by atoms with Crippen molar-refractivity contribution in [2.24, 2.45) is 0 Å². The molecule has 1 saturated heterocycles. The SMILES string of the molecule is COC[C@H]1CC[C@H](COC)N1CC(O)(c1ccccc1)c1ccccc1. The largest absolute Gasteiger partial charge is 0.383 e. The zero-order valence-electron chi connectivity index (χ0n) is 15.7. The lowest BCUT2D eigenvalue weighted by molar-refractivity contribution is -0.0102. The standard InChI is InChI=1S/C22H29NO3/c1-25-15-20-13-14-21(16-26-2)23(20)17-22(24,18-9-5-3-6-10-18)19-11-7-4-8-12-19/h3-12,20-21,24H,13-17H2,1-2H3/t20-,21-/m1/s1. The van der Waals surface area contributed by atoms with Gasteiger partial charge >= 0.3 is 0 Å². The Morgan fingerprint density at radius 1 is 0.846 bits per heavy atom. The zero-order valence-corrected chi connectivity index (χ0v) is 15.7. The number of nitrogens with zero attached hydrogens (tertiary/aromatic N) is 1. The second kappa shape index (κ2) is 8.78. The molecule has 4 heteroatoms. The van der Waals surface area contributed by atoms with Gasteiger partial charge in [-0.3, -0.25) is 4.90 Å². The number of aliphatic hydroxyl groups is 1. The minimum atomic E-state index is -1.08. The summed E-state index contributed by atoms with van der Waals surface area (Å²) in [5, 5.41) is 11.9. The van der Waals surface area contributed by atoms with Crippen LogP contribution in [0.1, 0.15) is 24.0 Å². The Hall–Kier alpha value is -1.72. The van der Waals surface area contributed by atoms with Crippen molar-refractivity contribution in [3.8, 4) is 0 Å². The first-order valence-electron chi connectivity index (χ1n) is 9.26. The van der Waals surface area contributed by atoms with Gasteiger partial charge in [-0.15, -0.1) is 0 Å². The molecule has 4 nitrogen and oxygen atoms in total. The van der Waals surface area contributed by atoms with E-state index in [0.717, 1.165) is 24.0 Å². The van der Waals surface area contributed by atoms with Crippen molar-refractivity contribution in [2.75, 3.05) is 34.0 Å². The first-order valence-corrected chi connectivity index (χ1v) is 9.26. The molecule has 1 fully saturated rings. The third kappa shape index (κ3) is 3.99. The summed E-state index contributed by atoms with van der Waals surface area (Å²) in [5.41, 5.74) is 0.737. The van der Waals surface area contributed by atoms with Crippen molar-refractivity contribution in [3.63, 3.8) is 0 Å². The second-order valence-corrected chi connectivity index (χ2v) is 7.06. The van der Waals surface area contributed by atoms with Gasteiger partial charge in [0.25, 0.3) is 0 Å². The van der Waals surface area contributed by atoms with E-state index in [1.54, 1.807) is 14.2 Å². The number of hydrogen-bond acceptors (Lipinski definition) is 4. The summed E-state index contributed by atoms with van der Waals surface area (Å²) in [6.45, 7) is 1.85. The van der Waals surface area contributed by atoms with Crippen LogP contribution in [0.2, 0.25) is 0 Å². The highest BCUT2D eigenvalue weighted by atomic mass is 16.5. The Morgan fingerprint density at radius 2 is 1.27 bits per heavy atom. The highest BCUT2D eigenvalue weighted by molar-refractivity contribution is 5.36. The quantitative estimate of drug-likeness (QED) is 0.790. The molecule has 0 bridgehead atoms. The van der Waals surface area contributed by atoms with Gasteiger partial charge in [-0.2, -0.15) is 0 Å². The van der Waals surface area contributed by atoms with E-state index in [1.165, 1.54) is 0 Å². The van der Waals surface area contributed by atoms with Crippen LogP contribution < -0.4 is 0 Å². The molecule has 0 amide bonds. The Balaban J connectivity index is 1.96. The fourth-order valence-corrected chi connectivity index (χ4v) is 4.06. The van der Waals surface area contributed by atoms with Gasteiger partial charge in [0.1, 0.15) is 5.60 Å². The van der Waals surface area contributed by atoms with Crippen LogP contribution in [0.4, 0.5) is 0 Å². The van der Waals surface area contributed by atoms with Crippen molar-refractivity contribution in [1.82, 2.24) is 4.90 Å². The van der Waals surface area contributed by atoms with E-state index < -0.39 is 5.60 Å². The van der Waals surface area contributed by atoms with Gasteiger partial charge in [-0.05, 0) is 24.0 Å². The Morgan fingerprint density at radius 3 is 1.65 bits per heavy atom. The van der Waals surface area contributed by atoms with Crippen LogP contribution in [-0.2, 0) is 15.1 Å².